The van der Waals surface area contributed by atoms with Crippen molar-refractivity contribution >= 4 is 61.1 Å². The van der Waals surface area contributed by atoms with Gasteiger partial charge in [0, 0.05) is 26.9 Å². The first kappa shape index (κ1) is 39.7. The lowest BCUT2D eigenvalue weighted by Crippen LogP contribution is -2.32. The molecule has 2 aliphatic rings. The van der Waals surface area contributed by atoms with E-state index in [2.05, 4.69) is 266 Å². The quantitative estimate of drug-likeness (QED) is 0.164. The molecule has 1 heterocycles. The first-order chi connectivity index (χ1) is 34.2. The van der Waals surface area contributed by atoms with Gasteiger partial charge in [-0.15, -0.1) is 0 Å². The molecule has 1 nitrogen and oxygen atoms in total. The SMILES string of the molecule is c1ccc2c(c1)Sc1ccccc1C21c2cc(-c3ccc(N(c4ccc(-c5ccc6ccccc6c5)cc4)c4ccc(-c5ccc6ccccc6c5)cc4)cc3)ccc2-c2c1ccc1ccccc21. The number of hydrogen-bond donors (Lipinski definition) is 0. The van der Waals surface area contributed by atoms with E-state index in [0.29, 0.717) is 0 Å². The van der Waals surface area contributed by atoms with E-state index in [1.165, 1.54) is 109 Å². The van der Waals surface area contributed by atoms with Gasteiger partial charge in [-0.25, -0.2) is 0 Å². The Morgan fingerprint density at radius 3 is 1.22 bits per heavy atom. The van der Waals surface area contributed by atoms with Crippen LogP contribution in [-0.4, -0.2) is 0 Å². The maximum atomic E-state index is 2.50. The van der Waals surface area contributed by atoms with Crippen LogP contribution in [0.15, 0.2) is 271 Å². The largest absolute Gasteiger partial charge is 0.311 e. The monoisotopic (exact) mass is 893 g/mol. The Balaban J connectivity index is 0.885. The van der Waals surface area contributed by atoms with Crippen LogP contribution in [0, 0.1) is 0 Å². The van der Waals surface area contributed by atoms with Crippen molar-refractivity contribution in [1.29, 1.82) is 0 Å². The Hall–Kier alpha value is -8.43. The summed E-state index contributed by atoms with van der Waals surface area (Å²) in [5.41, 5.74) is 18.1. The number of hydrogen-bond acceptors (Lipinski definition) is 2. The lowest BCUT2D eigenvalue weighted by molar-refractivity contribution is 0.723. The van der Waals surface area contributed by atoms with E-state index < -0.39 is 5.41 Å². The van der Waals surface area contributed by atoms with Crippen molar-refractivity contribution in [2.45, 2.75) is 15.2 Å². The third kappa shape index (κ3) is 6.33. The fraction of sp³-hybridized carbons (Fsp3) is 0.0149. The normalized spacial score (nSPS) is 13.0. The first-order valence-electron chi connectivity index (χ1n) is 23.8. The van der Waals surface area contributed by atoms with E-state index in [1.807, 2.05) is 11.8 Å². The molecular formula is C67H43NS. The number of anilines is 3. The third-order valence-electron chi connectivity index (χ3n) is 14.7. The van der Waals surface area contributed by atoms with Crippen LogP contribution in [0.25, 0.3) is 76.8 Å². The Bertz CT molecular complexity index is 3810. The predicted octanol–water partition coefficient (Wildman–Crippen LogP) is 18.4. The Labute approximate surface area is 406 Å². The molecule has 1 aliphatic heterocycles. The van der Waals surface area contributed by atoms with Gasteiger partial charge in [0.15, 0.2) is 0 Å². The topological polar surface area (TPSA) is 3.24 Å². The molecule has 0 unspecified atom stereocenters. The van der Waals surface area contributed by atoms with E-state index in [0.717, 1.165) is 17.1 Å². The highest BCUT2D eigenvalue weighted by Crippen LogP contribution is 2.63. The lowest BCUT2D eigenvalue weighted by atomic mass is 9.67. The Morgan fingerprint density at radius 1 is 0.275 bits per heavy atom. The molecule has 0 fully saturated rings. The average molecular weight is 894 g/mol. The van der Waals surface area contributed by atoms with Crippen LogP contribution in [0.1, 0.15) is 22.3 Å². The summed E-state index contributed by atoms with van der Waals surface area (Å²) in [6.45, 7) is 0. The summed E-state index contributed by atoms with van der Waals surface area (Å²) in [5.74, 6) is 0. The van der Waals surface area contributed by atoms with Crippen molar-refractivity contribution in [3.63, 3.8) is 0 Å². The summed E-state index contributed by atoms with van der Waals surface area (Å²) >= 11 is 1.89. The summed E-state index contributed by atoms with van der Waals surface area (Å²) in [6, 6.07) is 96.9. The van der Waals surface area contributed by atoms with E-state index in [9.17, 15) is 0 Å². The highest BCUT2D eigenvalue weighted by Gasteiger charge is 2.50. The third-order valence-corrected chi connectivity index (χ3v) is 15.9. The minimum absolute atomic E-state index is 0.460. The molecule has 0 saturated heterocycles. The van der Waals surface area contributed by atoms with Gasteiger partial charge in [-0.1, -0.05) is 206 Å². The summed E-state index contributed by atoms with van der Waals surface area (Å²) in [4.78, 5) is 5.01. The second-order valence-electron chi connectivity index (χ2n) is 18.4. The number of rotatable bonds is 6. The van der Waals surface area contributed by atoms with Gasteiger partial charge in [0.2, 0.25) is 0 Å². The molecule has 0 bridgehead atoms. The van der Waals surface area contributed by atoms with Crippen molar-refractivity contribution in [2.24, 2.45) is 0 Å². The van der Waals surface area contributed by atoms with Crippen LogP contribution >= 0.6 is 11.8 Å². The smallest absolute Gasteiger partial charge is 0.0735 e. The molecule has 2 heteroatoms. The van der Waals surface area contributed by atoms with Crippen molar-refractivity contribution in [3.05, 3.63) is 283 Å². The summed E-state index contributed by atoms with van der Waals surface area (Å²) in [6.07, 6.45) is 0. The standard InChI is InChI=1S/C67H43NS/c1-3-14-50-41-52(23-21-44(50)11-1)46-25-33-55(34-26-46)68(56-35-27-47(28-36-56)53-24-22-45-12-2-4-15-51(45)42-53)57-37-29-48(30-38-57)54-31-39-59-63(43-54)67(62-40-32-49-13-5-6-16-58(49)66(59)62)60-17-7-9-19-64(60)69-65-20-10-8-18-61(65)67/h1-43H. The fourth-order valence-electron chi connectivity index (χ4n) is 11.4. The average Bonchev–Trinajstić information content (AvgIpc) is 3.71. The Morgan fingerprint density at radius 2 is 0.681 bits per heavy atom. The van der Waals surface area contributed by atoms with Gasteiger partial charge < -0.3 is 4.90 Å². The number of fused-ring (bicyclic) bond motifs is 13. The summed E-state index contributed by atoms with van der Waals surface area (Å²) in [7, 11) is 0. The van der Waals surface area contributed by atoms with Gasteiger partial charge >= 0.3 is 0 Å². The van der Waals surface area contributed by atoms with Crippen LogP contribution in [0.3, 0.4) is 0 Å². The van der Waals surface area contributed by atoms with Crippen molar-refractivity contribution in [1.82, 2.24) is 0 Å². The minimum Gasteiger partial charge on any atom is -0.311 e. The number of nitrogens with zero attached hydrogens (tertiary/aromatic N) is 1. The summed E-state index contributed by atoms with van der Waals surface area (Å²) in [5, 5.41) is 7.56. The highest BCUT2D eigenvalue weighted by atomic mass is 32.2. The van der Waals surface area contributed by atoms with E-state index >= 15 is 0 Å². The second-order valence-corrected chi connectivity index (χ2v) is 19.5. The maximum Gasteiger partial charge on any atom is 0.0735 e. The van der Waals surface area contributed by atoms with Crippen LogP contribution < -0.4 is 4.90 Å². The molecule has 322 valence electrons. The van der Waals surface area contributed by atoms with Gasteiger partial charge in [-0.05, 0) is 166 Å². The summed E-state index contributed by atoms with van der Waals surface area (Å²) < 4.78 is 0. The molecule has 0 radical (unpaired) electrons. The maximum absolute atomic E-state index is 2.50. The molecule has 12 aromatic carbocycles. The predicted molar refractivity (Wildman–Crippen MR) is 291 cm³/mol. The van der Waals surface area contributed by atoms with Crippen LogP contribution in [0.2, 0.25) is 0 Å². The second kappa shape index (κ2) is 15.8. The van der Waals surface area contributed by atoms with Gasteiger partial charge in [-0.2, -0.15) is 0 Å². The van der Waals surface area contributed by atoms with Gasteiger partial charge in [-0.3, -0.25) is 0 Å². The molecule has 14 rings (SSSR count). The van der Waals surface area contributed by atoms with Gasteiger partial charge in [0.25, 0.3) is 0 Å². The molecular weight excluding hydrogens is 851 g/mol. The van der Waals surface area contributed by atoms with E-state index in [-0.39, 0.29) is 0 Å². The zero-order valence-corrected chi connectivity index (χ0v) is 38.5. The van der Waals surface area contributed by atoms with E-state index in [4.69, 9.17) is 0 Å². The van der Waals surface area contributed by atoms with Crippen molar-refractivity contribution in [2.75, 3.05) is 4.90 Å². The van der Waals surface area contributed by atoms with Crippen LogP contribution in [-0.2, 0) is 5.41 Å². The molecule has 0 saturated carbocycles. The lowest BCUT2D eigenvalue weighted by Gasteiger charge is -2.39. The van der Waals surface area contributed by atoms with E-state index in [1.54, 1.807) is 0 Å². The van der Waals surface area contributed by atoms with Crippen molar-refractivity contribution < 1.29 is 0 Å². The first-order valence-corrected chi connectivity index (χ1v) is 24.6. The minimum atomic E-state index is -0.460. The van der Waals surface area contributed by atoms with Crippen LogP contribution in [0.4, 0.5) is 17.1 Å². The van der Waals surface area contributed by atoms with Crippen molar-refractivity contribution in [3.8, 4) is 44.5 Å². The molecule has 69 heavy (non-hydrogen) atoms. The number of benzene rings is 12. The van der Waals surface area contributed by atoms with Crippen LogP contribution in [0.5, 0.6) is 0 Å². The zero-order chi connectivity index (χ0) is 45.5. The molecule has 0 amide bonds. The molecule has 1 aliphatic carbocycles. The molecule has 0 N–H and O–H groups in total. The molecule has 0 aromatic heterocycles. The zero-order valence-electron chi connectivity index (χ0n) is 37.7. The molecule has 1 spiro atoms. The van der Waals surface area contributed by atoms with Gasteiger partial charge in [0.1, 0.15) is 0 Å². The molecule has 12 aromatic rings. The molecule has 0 atom stereocenters. The fourth-order valence-corrected chi connectivity index (χ4v) is 12.6. The Kier molecular flexibility index (Phi) is 9.12. The highest BCUT2D eigenvalue weighted by molar-refractivity contribution is 7.99. The van der Waals surface area contributed by atoms with Gasteiger partial charge in [0.05, 0.1) is 5.41 Å².